The Labute approximate surface area is 224 Å². The fourth-order valence-corrected chi connectivity index (χ4v) is 8.47. The lowest BCUT2D eigenvalue weighted by atomic mass is 9.77. The van der Waals surface area contributed by atoms with E-state index >= 15 is 0 Å². The third-order valence-electron chi connectivity index (χ3n) is 7.21. The van der Waals surface area contributed by atoms with Crippen molar-refractivity contribution in [3.05, 3.63) is 46.6 Å². The number of ketones is 1. The number of nitrogens with zero attached hydrogens (tertiary/aromatic N) is 2. The van der Waals surface area contributed by atoms with Crippen molar-refractivity contribution in [2.45, 2.75) is 43.7 Å². The number of amides is 1. The summed E-state index contributed by atoms with van der Waals surface area (Å²) >= 11 is 1.03. The molecule has 2 fully saturated rings. The van der Waals surface area contributed by atoms with Gasteiger partial charge in [-0.3, -0.25) is 9.59 Å². The number of likely N-dealkylation sites (tertiary alicyclic amines) is 1. The van der Waals surface area contributed by atoms with Gasteiger partial charge in [0.05, 0.1) is 6.26 Å². The summed E-state index contributed by atoms with van der Waals surface area (Å²) in [4.78, 5) is 28.7. The van der Waals surface area contributed by atoms with Crippen LogP contribution >= 0.6 is 11.3 Å². The van der Waals surface area contributed by atoms with E-state index < -0.39 is 43.6 Å². The van der Waals surface area contributed by atoms with Gasteiger partial charge in [-0.2, -0.15) is 8.42 Å². The molecule has 1 aliphatic carbocycles. The van der Waals surface area contributed by atoms with E-state index in [9.17, 15) is 30.8 Å². The summed E-state index contributed by atoms with van der Waals surface area (Å²) in [5.74, 6) is -3.36. The van der Waals surface area contributed by atoms with E-state index in [0.717, 1.165) is 43.3 Å². The highest BCUT2D eigenvalue weighted by atomic mass is 32.2. The number of thiophene rings is 1. The van der Waals surface area contributed by atoms with Crippen LogP contribution in [-0.4, -0.2) is 52.1 Å². The number of hydrogen-bond donors (Lipinski definition) is 2. The second-order valence-corrected chi connectivity index (χ2v) is 14.2. The third kappa shape index (κ3) is 5.40. The molecule has 5 rings (SSSR count). The Balaban J connectivity index is 1.48. The lowest BCUT2D eigenvalue weighted by molar-refractivity contribution is -0.148. The number of hydrogen-bond acceptors (Lipinski definition) is 8. The molecular formula is C24H27FN4O6S3. The van der Waals surface area contributed by atoms with Gasteiger partial charge in [0.15, 0.2) is 11.7 Å². The summed E-state index contributed by atoms with van der Waals surface area (Å²) in [5.41, 5.74) is 0.904. The van der Waals surface area contributed by atoms with Crippen LogP contribution in [-0.2, 0) is 42.7 Å². The van der Waals surface area contributed by atoms with Crippen molar-refractivity contribution in [2.24, 2.45) is 22.2 Å². The normalized spacial score (nSPS) is 23.7. The molecule has 3 heterocycles. The van der Waals surface area contributed by atoms with Gasteiger partial charge in [0.2, 0.25) is 15.9 Å². The van der Waals surface area contributed by atoms with E-state index in [1.807, 2.05) is 0 Å². The first kappa shape index (κ1) is 26.9. The Hall–Kier alpha value is -2.68. The maximum Gasteiger partial charge on any atom is 0.287 e. The second kappa shape index (κ2) is 10.1. The molecule has 1 saturated carbocycles. The molecule has 2 aromatic rings. The van der Waals surface area contributed by atoms with Gasteiger partial charge in [-0.05, 0) is 41.8 Å². The molecule has 0 bridgehead atoms. The number of amidine groups is 1. The van der Waals surface area contributed by atoms with Crippen molar-refractivity contribution >= 4 is 53.9 Å². The highest BCUT2D eigenvalue weighted by Gasteiger charge is 2.49. The van der Waals surface area contributed by atoms with Crippen LogP contribution in [0.3, 0.4) is 0 Å². The molecule has 1 saturated heterocycles. The minimum atomic E-state index is -4.32. The molecule has 14 heteroatoms. The summed E-state index contributed by atoms with van der Waals surface area (Å²) in [6.45, 7) is 0.117. The van der Waals surface area contributed by atoms with Crippen LogP contribution in [0.1, 0.15) is 36.8 Å². The predicted molar refractivity (Wildman–Crippen MR) is 140 cm³/mol. The van der Waals surface area contributed by atoms with Crippen LogP contribution < -0.4 is 10.0 Å². The standard InChI is InChI=1S/C24H27FN4O6S3/c1-37(32,33)26-10-16-13-36-23-21(16)38(34,35)28-22(27-23)19-20(30)18(15-4-2-3-5-15)12-29(24(19)31)11-14-6-8-17(25)9-7-14/h6-9,13,15,18-19,26H,2-5,10-12H2,1H3,(H,27,28). The molecule has 2 unspecified atom stereocenters. The first-order valence-electron chi connectivity index (χ1n) is 12.2. The minimum Gasteiger partial charge on any atom is -0.337 e. The molecule has 10 nitrogen and oxygen atoms in total. The molecule has 1 amide bonds. The maximum atomic E-state index is 13.7. The zero-order valence-electron chi connectivity index (χ0n) is 20.5. The largest absolute Gasteiger partial charge is 0.337 e. The molecule has 0 spiro atoms. The van der Waals surface area contributed by atoms with Gasteiger partial charge in [0.25, 0.3) is 10.0 Å². The molecule has 1 aromatic carbocycles. The number of nitrogens with one attached hydrogen (secondary N) is 2. The quantitative estimate of drug-likeness (QED) is 0.478. The van der Waals surface area contributed by atoms with Crippen LogP contribution in [0.5, 0.6) is 0 Å². The topological polar surface area (TPSA) is 142 Å². The Morgan fingerprint density at radius 3 is 2.53 bits per heavy atom. The van der Waals surface area contributed by atoms with Crippen LogP contribution in [0.15, 0.2) is 38.9 Å². The highest BCUT2D eigenvalue weighted by Crippen LogP contribution is 2.41. The Morgan fingerprint density at radius 1 is 1.18 bits per heavy atom. The maximum absolute atomic E-state index is 13.7. The summed E-state index contributed by atoms with van der Waals surface area (Å²) in [7, 11) is -7.89. The second-order valence-electron chi connectivity index (χ2n) is 9.92. The number of piperidine rings is 1. The van der Waals surface area contributed by atoms with Gasteiger partial charge in [0.1, 0.15) is 21.5 Å². The smallest absolute Gasteiger partial charge is 0.287 e. The van der Waals surface area contributed by atoms with Gasteiger partial charge < -0.3 is 10.2 Å². The van der Waals surface area contributed by atoms with Crippen molar-refractivity contribution in [2.75, 3.05) is 18.1 Å². The number of carbonyl (C=O) groups excluding carboxylic acids is 2. The monoisotopic (exact) mass is 582 g/mol. The van der Waals surface area contributed by atoms with Crippen molar-refractivity contribution in [3.63, 3.8) is 0 Å². The van der Waals surface area contributed by atoms with Crippen LogP contribution in [0, 0.1) is 23.6 Å². The molecule has 2 N–H and O–H groups in total. The van der Waals surface area contributed by atoms with E-state index in [-0.39, 0.29) is 52.6 Å². The summed E-state index contributed by atoms with van der Waals surface area (Å²) in [5, 5.41) is 4.57. The van der Waals surface area contributed by atoms with Gasteiger partial charge in [-0.1, -0.05) is 25.0 Å². The van der Waals surface area contributed by atoms with Crippen LogP contribution in [0.4, 0.5) is 9.39 Å². The van der Waals surface area contributed by atoms with E-state index in [0.29, 0.717) is 5.56 Å². The zero-order chi connectivity index (χ0) is 27.2. The fourth-order valence-electron chi connectivity index (χ4n) is 5.40. The number of benzene rings is 1. The molecule has 2 aliphatic heterocycles. The Kier molecular flexibility index (Phi) is 7.18. The first-order valence-corrected chi connectivity index (χ1v) is 16.4. The number of carbonyl (C=O) groups is 2. The molecule has 204 valence electrons. The molecule has 0 radical (unpaired) electrons. The summed E-state index contributed by atoms with van der Waals surface area (Å²) < 4.78 is 69.0. The highest BCUT2D eigenvalue weighted by molar-refractivity contribution is 7.91. The summed E-state index contributed by atoms with van der Waals surface area (Å²) in [6, 6.07) is 5.75. The number of sulfonamides is 2. The number of fused-ring (bicyclic) bond motifs is 1. The third-order valence-corrected chi connectivity index (χ3v) is 10.4. The zero-order valence-corrected chi connectivity index (χ0v) is 23.0. The van der Waals surface area contributed by atoms with E-state index in [1.54, 1.807) is 12.1 Å². The van der Waals surface area contributed by atoms with Gasteiger partial charge in [-0.15, -0.1) is 15.7 Å². The molecule has 1 aromatic heterocycles. The van der Waals surface area contributed by atoms with Crippen molar-refractivity contribution < 1.29 is 30.8 Å². The van der Waals surface area contributed by atoms with Crippen LogP contribution in [0.25, 0.3) is 0 Å². The molecule has 38 heavy (non-hydrogen) atoms. The SMILES string of the molecule is CS(=O)(=O)NCc1csc2c1S(=O)(=O)N=C(C1C(=O)C(C3CCCC3)CN(Cc3ccc(F)cc3)C1=O)N2. The average molecular weight is 583 g/mol. The molecule has 3 aliphatic rings. The van der Waals surface area contributed by atoms with Crippen molar-refractivity contribution in [1.82, 2.24) is 9.62 Å². The van der Waals surface area contributed by atoms with Crippen molar-refractivity contribution in [1.29, 1.82) is 0 Å². The van der Waals surface area contributed by atoms with Crippen LogP contribution in [0.2, 0.25) is 0 Å². The average Bonchev–Trinajstić information content (AvgIpc) is 3.51. The van der Waals surface area contributed by atoms with Gasteiger partial charge in [0, 0.05) is 31.1 Å². The van der Waals surface area contributed by atoms with E-state index in [2.05, 4.69) is 14.4 Å². The van der Waals surface area contributed by atoms with Crippen molar-refractivity contribution in [3.8, 4) is 0 Å². The van der Waals surface area contributed by atoms with E-state index in [4.69, 9.17) is 0 Å². The molecule has 2 atom stereocenters. The van der Waals surface area contributed by atoms with Gasteiger partial charge >= 0.3 is 0 Å². The fraction of sp³-hybridized carbons (Fsp3) is 0.458. The molecular weight excluding hydrogens is 555 g/mol. The summed E-state index contributed by atoms with van der Waals surface area (Å²) in [6.07, 6.45) is 4.65. The first-order chi connectivity index (χ1) is 17.9. The van der Waals surface area contributed by atoms with E-state index in [1.165, 1.54) is 22.4 Å². The lowest BCUT2D eigenvalue weighted by Crippen LogP contribution is -2.56. The minimum absolute atomic E-state index is 0.0839. The predicted octanol–water partition coefficient (Wildman–Crippen LogP) is 2.48. The Bertz CT molecular complexity index is 1510. The number of Topliss-reactive ketones (excluding diaryl/α,β-unsaturated/α-hetero) is 1. The number of rotatable bonds is 7. The number of anilines is 1. The number of halogens is 1. The lowest BCUT2D eigenvalue weighted by Gasteiger charge is -2.39. The Morgan fingerprint density at radius 2 is 1.87 bits per heavy atom. The van der Waals surface area contributed by atoms with Gasteiger partial charge in [-0.25, -0.2) is 17.5 Å².